The molecule has 1 aliphatic rings. The fourth-order valence-corrected chi connectivity index (χ4v) is 2.91. The van der Waals surface area contributed by atoms with E-state index in [0.29, 0.717) is 25.7 Å². The molecule has 0 radical (unpaired) electrons. The van der Waals surface area contributed by atoms with Crippen LogP contribution in [0.25, 0.3) is 0 Å². The van der Waals surface area contributed by atoms with E-state index in [1.807, 2.05) is 0 Å². The maximum atomic E-state index is 12.7. The van der Waals surface area contributed by atoms with Gasteiger partial charge in [0, 0.05) is 12.8 Å². The number of methoxy groups -OCH3 is 1. The van der Waals surface area contributed by atoms with Crippen molar-refractivity contribution in [3.63, 3.8) is 0 Å². The number of piperidine rings is 1. The molecule has 1 aliphatic heterocycles. The quantitative estimate of drug-likeness (QED) is 0.428. The van der Waals surface area contributed by atoms with Crippen molar-refractivity contribution in [1.82, 2.24) is 4.90 Å². The van der Waals surface area contributed by atoms with Crippen molar-refractivity contribution in [3.8, 4) is 0 Å². The van der Waals surface area contributed by atoms with Crippen molar-refractivity contribution in [2.45, 2.75) is 71.2 Å². The van der Waals surface area contributed by atoms with Gasteiger partial charge in [0.25, 0.3) is 0 Å². The minimum atomic E-state index is -0.870. The summed E-state index contributed by atoms with van der Waals surface area (Å²) in [6.07, 6.45) is 2.66. The van der Waals surface area contributed by atoms with Crippen molar-refractivity contribution in [1.29, 1.82) is 0 Å². The Morgan fingerprint density at radius 3 is 2.36 bits per heavy atom. The summed E-state index contributed by atoms with van der Waals surface area (Å²) in [5.41, 5.74) is -0.743. The number of likely N-dealkylation sites (tertiary alicyclic amines) is 1. The lowest BCUT2D eigenvalue weighted by molar-refractivity contribution is -0.179. The Bertz CT molecular complexity index is 510. The number of carbonyl (C=O) groups excluding carboxylic acids is 3. The van der Waals surface area contributed by atoms with Gasteiger partial charge in [0.2, 0.25) is 0 Å². The summed E-state index contributed by atoms with van der Waals surface area (Å²) < 4.78 is 15.7. The van der Waals surface area contributed by atoms with Crippen LogP contribution in [-0.2, 0) is 23.8 Å². The fraction of sp³-hybridized carbons (Fsp3) is 0.722. The lowest BCUT2D eigenvalue weighted by Gasteiger charge is -2.44. The molecular weight excluding hydrogens is 326 g/mol. The van der Waals surface area contributed by atoms with Gasteiger partial charge in [-0.05, 0) is 46.5 Å². The van der Waals surface area contributed by atoms with Crippen LogP contribution in [0, 0.1) is 5.92 Å². The maximum Gasteiger partial charge on any atom is 0.413 e. The van der Waals surface area contributed by atoms with Gasteiger partial charge >= 0.3 is 18.0 Å². The first-order valence-corrected chi connectivity index (χ1v) is 8.48. The predicted octanol–water partition coefficient (Wildman–Crippen LogP) is 3.03. The zero-order valence-electron chi connectivity index (χ0n) is 15.7. The van der Waals surface area contributed by atoms with E-state index in [4.69, 9.17) is 14.2 Å². The van der Waals surface area contributed by atoms with Crippen molar-refractivity contribution in [3.05, 3.63) is 12.7 Å². The monoisotopic (exact) mass is 355 g/mol. The third kappa shape index (κ3) is 6.07. The van der Waals surface area contributed by atoms with Gasteiger partial charge in [0.05, 0.1) is 7.11 Å². The summed E-state index contributed by atoms with van der Waals surface area (Å²) in [6.45, 7) is 10.2. The van der Waals surface area contributed by atoms with E-state index in [0.717, 1.165) is 0 Å². The van der Waals surface area contributed by atoms with Crippen molar-refractivity contribution in [2.24, 2.45) is 5.92 Å². The maximum absolute atomic E-state index is 12.7. The Labute approximate surface area is 149 Å². The summed E-state index contributed by atoms with van der Waals surface area (Å²) in [7, 11) is 1.26. The summed E-state index contributed by atoms with van der Waals surface area (Å²) >= 11 is 0. The first kappa shape index (κ1) is 21.0. The predicted molar refractivity (Wildman–Crippen MR) is 91.6 cm³/mol. The van der Waals surface area contributed by atoms with E-state index >= 15 is 0 Å². The molecule has 0 N–H and O–H groups in total. The van der Waals surface area contributed by atoms with E-state index in [9.17, 15) is 14.4 Å². The standard InChI is InChI=1S/C18H29NO6/c1-7-8-9-13-10-11-14(16(21)23-6)19(15(13)24-12(2)20)17(22)25-18(3,4)5/h7,13-15H,1,8-11H2,2-6H3/t13-,14-,15?/m0/s1. The number of hydrogen-bond donors (Lipinski definition) is 0. The molecule has 142 valence electrons. The first-order chi connectivity index (χ1) is 11.6. The number of allylic oxidation sites excluding steroid dienone is 1. The lowest BCUT2D eigenvalue weighted by atomic mass is 9.87. The highest BCUT2D eigenvalue weighted by Crippen LogP contribution is 2.34. The van der Waals surface area contributed by atoms with E-state index in [1.165, 1.54) is 18.9 Å². The van der Waals surface area contributed by atoms with Crippen LogP contribution in [-0.4, -0.2) is 47.9 Å². The smallest absolute Gasteiger partial charge is 0.413 e. The molecule has 1 unspecified atom stereocenters. The Morgan fingerprint density at radius 2 is 1.88 bits per heavy atom. The molecule has 0 aliphatic carbocycles. The molecule has 7 nitrogen and oxygen atoms in total. The van der Waals surface area contributed by atoms with E-state index < -0.39 is 35.9 Å². The molecule has 1 amide bonds. The van der Waals surface area contributed by atoms with Gasteiger partial charge in [-0.1, -0.05) is 6.08 Å². The zero-order valence-corrected chi connectivity index (χ0v) is 15.7. The molecule has 0 aromatic heterocycles. The first-order valence-electron chi connectivity index (χ1n) is 8.48. The van der Waals surface area contributed by atoms with Crippen LogP contribution in [0.15, 0.2) is 12.7 Å². The molecule has 0 spiro atoms. The number of ether oxygens (including phenoxy) is 3. The second-order valence-electron chi connectivity index (χ2n) is 7.13. The van der Waals surface area contributed by atoms with Crippen LogP contribution < -0.4 is 0 Å². The van der Waals surface area contributed by atoms with Gasteiger partial charge in [-0.3, -0.25) is 9.69 Å². The topological polar surface area (TPSA) is 82.1 Å². The highest BCUT2D eigenvalue weighted by atomic mass is 16.6. The summed E-state index contributed by atoms with van der Waals surface area (Å²) in [5, 5.41) is 0. The average Bonchev–Trinajstić information content (AvgIpc) is 2.50. The van der Waals surface area contributed by atoms with Crippen molar-refractivity contribution >= 4 is 18.0 Å². The van der Waals surface area contributed by atoms with E-state index in [1.54, 1.807) is 26.8 Å². The molecule has 1 saturated heterocycles. The SMILES string of the molecule is C=CCC[C@H]1CC[C@@H](C(=O)OC)N(C(=O)OC(C)(C)C)C1OC(C)=O. The van der Waals surface area contributed by atoms with Gasteiger partial charge in [0.15, 0.2) is 6.23 Å². The number of esters is 2. The van der Waals surface area contributed by atoms with Gasteiger partial charge in [-0.25, -0.2) is 9.59 Å². The highest BCUT2D eigenvalue weighted by molar-refractivity contribution is 5.82. The minimum absolute atomic E-state index is 0.102. The van der Waals surface area contributed by atoms with Crippen LogP contribution >= 0.6 is 0 Å². The third-order valence-corrected chi connectivity index (χ3v) is 3.93. The van der Waals surface area contributed by atoms with Gasteiger partial charge in [0.1, 0.15) is 11.6 Å². The molecule has 0 aromatic carbocycles. The van der Waals surface area contributed by atoms with Gasteiger partial charge in [-0.2, -0.15) is 0 Å². The van der Waals surface area contributed by atoms with E-state index in [-0.39, 0.29) is 5.92 Å². The third-order valence-electron chi connectivity index (χ3n) is 3.93. The number of hydrogen-bond acceptors (Lipinski definition) is 6. The average molecular weight is 355 g/mol. The fourth-order valence-electron chi connectivity index (χ4n) is 2.91. The number of carbonyl (C=O) groups is 3. The number of nitrogens with zero attached hydrogens (tertiary/aromatic N) is 1. The van der Waals surface area contributed by atoms with Crippen LogP contribution in [0.3, 0.4) is 0 Å². The molecule has 3 atom stereocenters. The summed E-state index contributed by atoms with van der Waals surface area (Å²) in [6, 6.07) is -0.843. The Kier molecular flexibility index (Phi) is 7.45. The van der Waals surface area contributed by atoms with Crippen LogP contribution in [0.5, 0.6) is 0 Å². The molecule has 25 heavy (non-hydrogen) atoms. The molecule has 1 fully saturated rings. The molecule has 0 bridgehead atoms. The van der Waals surface area contributed by atoms with Gasteiger partial charge < -0.3 is 14.2 Å². The molecule has 1 rings (SSSR count). The Balaban J connectivity index is 3.19. The highest BCUT2D eigenvalue weighted by Gasteiger charge is 2.46. The van der Waals surface area contributed by atoms with Crippen LogP contribution in [0.2, 0.25) is 0 Å². The lowest BCUT2D eigenvalue weighted by Crippen LogP contribution is -2.59. The molecule has 1 heterocycles. The van der Waals surface area contributed by atoms with E-state index in [2.05, 4.69) is 6.58 Å². The summed E-state index contributed by atoms with van der Waals surface area (Å²) in [5.74, 6) is -1.17. The normalized spacial score (nSPS) is 23.6. The number of rotatable bonds is 5. The van der Waals surface area contributed by atoms with Gasteiger partial charge in [-0.15, -0.1) is 6.58 Å². The molecule has 0 aromatic rings. The number of amides is 1. The zero-order chi connectivity index (χ0) is 19.2. The molecule has 7 heteroatoms. The van der Waals surface area contributed by atoms with Crippen molar-refractivity contribution < 1.29 is 28.6 Å². The largest absolute Gasteiger partial charge is 0.467 e. The van der Waals surface area contributed by atoms with Crippen LogP contribution in [0.1, 0.15) is 53.4 Å². The minimum Gasteiger partial charge on any atom is -0.467 e. The second kappa shape index (κ2) is 8.87. The van der Waals surface area contributed by atoms with Crippen molar-refractivity contribution in [2.75, 3.05) is 7.11 Å². The van der Waals surface area contributed by atoms with Crippen LogP contribution in [0.4, 0.5) is 4.79 Å². The summed E-state index contributed by atoms with van der Waals surface area (Å²) in [4.78, 5) is 37.7. The Morgan fingerprint density at radius 1 is 1.24 bits per heavy atom. The molecular formula is C18H29NO6. The second-order valence-corrected chi connectivity index (χ2v) is 7.13. The molecule has 0 saturated carbocycles. The Hall–Kier alpha value is -2.05.